The monoisotopic (exact) mass is 604 g/mol. The number of nitrogens with two attached hydrogens (primary N) is 1. The van der Waals surface area contributed by atoms with Crippen molar-refractivity contribution in [2.24, 2.45) is 33.8 Å². The first-order valence-corrected chi connectivity index (χ1v) is 15.5. The number of nitrogens with zero attached hydrogens (tertiary/aromatic N) is 2. The second-order valence-corrected chi connectivity index (χ2v) is 15.2. The number of hydrogen-bond acceptors (Lipinski definition) is 6. The molecular formula is C31H52N6O6. The zero-order valence-corrected chi connectivity index (χ0v) is 27.3. The maximum atomic E-state index is 14.2. The van der Waals surface area contributed by atoms with E-state index in [2.05, 4.69) is 16.0 Å². The molecule has 43 heavy (non-hydrogen) atoms. The van der Waals surface area contributed by atoms with Gasteiger partial charge >= 0.3 is 6.03 Å². The lowest BCUT2D eigenvalue weighted by molar-refractivity contribution is -0.145. The average Bonchev–Trinajstić information content (AvgIpc) is 3.23. The summed E-state index contributed by atoms with van der Waals surface area (Å²) in [6, 6.07) is -3.77. The van der Waals surface area contributed by atoms with E-state index >= 15 is 0 Å². The highest BCUT2D eigenvalue weighted by molar-refractivity contribution is 6.37. The molecule has 242 valence electrons. The van der Waals surface area contributed by atoms with Crippen molar-refractivity contribution in [3.05, 3.63) is 0 Å². The van der Waals surface area contributed by atoms with E-state index in [0.29, 0.717) is 32.5 Å². The summed E-state index contributed by atoms with van der Waals surface area (Å²) in [7, 11) is 0. The summed E-state index contributed by atoms with van der Waals surface area (Å²) < 4.78 is 0. The van der Waals surface area contributed by atoms with Crippen LogP contribution in [-0.2, 0) is 24.0 Å². The maximum Gasteiger partial charge on any atom is 0.315 e. The van der Waals surface area contributed by atoms with Crippen LogP contribution in [0, 0.1) is 28.1 Å². The first kappa shape index (κ1) is 34.3. The van der Waals surface area contributed by atoms with Crippen molar-refractivity contribution < 1.29 is 28.8 Å². The van der Waals surface area contributed by atoms with Gasteiger partial charge in [-0.25, -0.2) is 4.79 Å². The summed E-state index contributed by atoms with van der Waals surface area (Å²) in [5.74, 6) is -2.85. The molecule has 1 aliphatic carbocycles. The van der Waals surface area contributed by atoms with Crippen LogP contribution in [0.4, 0.5) is 4.79 Å². The van der Waals surface area contributed by atoms with Gasteiger partial charge in [0.15, 0.2) is 0 Å². The number of fused-ring (bicyclic) bond motifs is 1. The first-order chi connectivity index (χ1) is 19.7. The molecule has 3 aliphatic rings. The first-order valence-electron chi connectivity index (χ1n) is 15.5. The molecule has 0 radical (unpaired) electrons. The van der Waals surface area contributed by atoms with E-state index in [1.54, 1.807) is 4.90 Å². The fourth-order valence-corrected chi connectivity index (χ4v) is 6.60. The van der Waals surface area contributed by atoms with Crippen molar-refractivity contribution in [3.63, 3.8) is 0 Å². The molecule has 2 saturated heterocycles. The van der Waals surface area contributed by atoms with Gasteiger partial charge in [-0.05, 0) is 40.9 Å². The number of urea groups is 1. The van der Waals surface area contributed by atoms with Crippen LogP contribution in [0.1, 0.15) is 88.0 Å². The van der Waals surface area contributed by atoms with Crippen LogP contribution in [0.3, 0.4) is 0 Å². The fourth-order valence-electron chi connectivity index (χ4n) is 6.60. The summed E-state index contributed by atoms with van der Waals surface area (Å²) >= 11 is 0. The molecule has 1 saturated carbocycles. The maximum absolute atomic E-state index is 14.2. The molecule has 12 heteroatoms. The molecule has 0 aromatic rings. The van der Waals surface area contributed by atoms with Gasteiger partial charge in [0.1, 0.15) is 12.1 Å². The highest BCUT2D eigenvalue weighted by Crippen LogP contribution is 2.65. The van der Waals surface area contributed by atoms with E-state index in [1.807, 2.05) is 62.3 Å². The smallest absolute Gasteiger partial charge is 0.315 e. The lowest BCUT2D eigenvalue weighted by Crippen LogP contribution is -2.62. The van der Waals surface area contributed by atoms with Gasteiger partial charge in [0.2, 0.25) is 23.5 Å². The van der Waals surface area contributed by atoms with Crippen LogP contribution in [0.25, 0.3) is 0 Å². The van der Waals surface area contributed by atoms with Crippen molar-refractivity contribution in [3.8, 4) is 0 Å². The Hall–Kier alpha value is -3.18. The Morgan fingerprint density at radius 2 is 1.63 bits per heavy atom. The Kier molecular flexibility index (Phi) is 9.92. The van der Waals surface area contributed by atoms with Gasteiger partial charge < -0.3 is 31.5 Å². The summed E-state index contributed by atoms with van der Waals surface area (Å²) in [6.07, 6.45) is 2.09. The minimum atomic E-state index is -1.12. The molecular weight excluding hydrogens is 552 g/mol. The van der Waals surface area contributed by atoms with E-state index < -0.39 is 47.2 Å². The lowest BCUT2D eigenvalue weighted by Gasteiger charge is -2.39. The summed E-state index contributed by atoms with van der Waals surface area (Å²) in [6.45, 7) is 18.8. The molecule has 6 atom stereocenters. The molecule has 2 unspecified atom stereocenters. The average molecular weight is 605 g/mol. The highest BCUT2D eigenvalue weighted by Gasteiger charge is 2.70. The van der Waals surface area contributed by atoms with Gasteiger partial charge in [0.05, 0.1) is 12.1 Å². The predicted octanol–water partition coefficient (Wildman–Crippen LogP) is 1.56. The number of rotatable bonds is 11. The van der Waals surface area contributed by atoms with Gasteiger partial charge in [0.25, 0.3) is 5.91 Å². The largest absolute Gasteiger partial charge is 0.363 e. The van der Waals surface area contributed by atoms with Crippen molar-refractivity contribution >= 4 is 35.4 Å². The summed E-state index contributed by atoms with van der Waals surface area (Å²) in [5.41, 5.74) is 3.99. The van der Waals surface area contributed by atoms with Crippen molar-refractivity contribution in [2.45, 2.75) is 112 Å². The van der Waals surface area contributed by atoms with E-state index in [4.69, 9.17) is 5.73 Å². The Morgan fingerprint density at radius 3 is 2.12 bits per heavy atom. The molecule has 6 amide bonds. The third kappa shape index (κ3) is 7.49. The second-order valence-electron chi connectivity index (χ2n) is 15.2. The quantitative estimate of drug-likeness (QED) is 0.261. The third-order valence-electron chi connectivity index (χ3n) is 9.53. The van der Waals surface area contributed by atoms with Gasteiger partial charge in [-0.2, -0.15) is 0 Å². The number of carbonyl (C=O) groups is 6. The molecule has 3 fully saturated rings. The minimum absolute atomic E-state index is 0.0674. The minimum Gasteiger partial charge on any atom is -0.363 e. The number of amides is 6. The number of piperidine rings is 1. The number of primary amides is 1. The SMILES string of the molecule is CCCC(NC(=O)C1[C@@H]2[C@H](CN1C(=O)[C@@H](NC(=O)N[C@H](CN1CCCC1=O)C(C)(C)C)C(C)(C)C)C2(C)C)C(=O)C(N)=O. The van der Waals surface area contributed by atoms with Crippen LogP contribution < -0.4 is 21.7 Å². The lowest BCUT2D eigenvalue weighted by atomic mass is 9.85. The second kappa shape index (κ2) is 12.4. The van der Waals surface area contributed by atoms with Crippen molar-refractivity contribution in [1.82, 2.24) is 25.8 Å². The zero-order chi connectivity index (χ0) is 32.7. The van der Waals surface area contributed by atoms with E-state index in [-0.39, 0.29) is 46.9 Å². The summed E-state index contributed by atoms with van der Waals surface area (Å²) in [4.78, 5) is 80.9. The van der Waals surface area contributed by atoms with Crippen LogP contribution in [0.2, 0.25) is 0 Å². The molecule has 3 rings (SSSR count). The van der Waals surface area contributed by atoms with Gasteiger partial charge in [-0.3, -0.25) is 24.0 Å². The van der Waals surface area contributed by atoms with Gasteiger partial charge in [-0.1, -0.05) is 68.7 Å². The van der Waals surface area contributed by atoms with Crippen LogP contribution in [-0.4, -0.2) is 89.0 Å². The Balaban J connectivity index is 1.81. The van der Waals surface area contributed by atoms with E-state index in [1.165, 1.54) is 4.90 Å². The zero-order valence-electron chi connectivity index (χ0n) is 27.3. The van der Waals surface area contributed by atoms with Crippen molar-refractivity contribution in [2.75, 3.05) is 19.6 Å². The van der Waals surface area contributed by atoms with E-state index in [0.717, 1.165) is 6.42 Å². The number of likely N-dealkylation sites (tertiary alicyclic amines) is 2. The number of carbonyl (C=O) groups excluding carboxylic acids is 6. The highest BCUT2D eigenvalue weighted by atomic mass is 16.2. The standard InChI is InChI=1S/C31H52N6O6/c1-10-12-18(23(39)25(32)40)33-26(41)22-21-17(31(21,8)9)15-37(22)27(42)24(30(5,6)7)35-28(43)34-19(29(2,3)4)16-36-14-11-13-20(36)38/h17-19,21-22,24H,10-16H2,1-9H3,(H2,32,40)(H,33,41)(H2,34,35,43)/t17-,18?,19+,21-,22?,24+/m0/s1. The number of hydrogen-bond donors (Lipinski definition) is 4. The molecule has 0 aromatic heterocycles. The number of nitrogens with one attached hydrogen (secondary N) is 3. The molecule has 2 aliphatic heterocycles. The fraction of sp³-hybridized carbons (Fsp3) is 0.806. The topological polar surface area (TPSA) is 171 Å². The number of Topliss-reactive ketones (excluding diaryl/α,β-unsaturated/α-hetero) is 1. The molecule has 0 bridgehead atoms. The molecule has 12 nitrogen and oxygen atoms in total. The predicted molar refractivity (Wildman–Crippen MR) is 161 cm³/mol. The Morgan fingerprint density at radius 1 is 1.00 bits per heavy atom. The number of ketones is 1. The van der Waals surface area contributed by atoms with Crippen molar-refractivity contribution in [1.29, 1.82) is 0 Å². The Labute approximate surface area is 255 Å². The normalized spacial score (nSPS) is 25.0. The third-order valence-corrected chi connectivity index (χ3v) is 9.53. The molecule has 2 heterocycles. The van der Waals surface area contributed by atoms with Gasteiger partial charge in [0, 0.05) is 26.1 Å². The van der Waals surface area contributed by atoms with Crippen LogP contribution >= 0.6 is 0 Å². The molecule has 5 N–H and O–H groups in total. The molecule has 0 spiro atoms. The van der Waals surface area contributed by atoms with Crippen LogP contribution in [0.15, 0.2) is 0 Å². The molecule has 0 aromatic carbocycles. The summed E-state index contributed by atoms with van der Waals surface area (Å²) in [5, 5.41) is 8.59. The van der Waals surface area contributed by atoms with E-state index in [9.17, 15) is 28.8 Å². The Bertz CT molecular complexity index is 1140. The van der Waals surface area contributed by atoms with Gasteiger partial charge in [-0.15, -0.1) is 0 Å². The van der Waals surface area contributed by atoms with Crippen LogP contribution in [0.5, 0.6) is 0 Å².